The van der Waals surface area contributed by atoms with Gasteiger partial charge in [0.15, 0.2) is 6.29 Å². The van der Waals surface area contributed by atoms with Crippen molar-refractivity contribution in [1.29, 1.82) is 0 Å². The Bertz CT molecular complexity index is 862. The lowest BCUT2D eigenvalue weighted by atomic mass is 10.2. The molecule has 0 spiro atoms. The topological polar surface area (TPSA) is 67.8 Å². The van der Waals surface area contributed by atoms with Crippen molar-refractivity contribution < 1.29 is 9.18 Å². The lowest BCUT2D eigenvalue weighted by molar-refractivity contribution is 0.112. The molecule has 0 unspecified atom stereocenters. The average molecular weight is 271 g/mol. The standard InChI is InChI=1S/C14H10FN3O2/c1-8-12-6-9(7-19)14(20)16-13(12)18(17-8)11-4-2-10(15)3-5-11/h2-7H,1H3,(H,16,20). The maximum atomic E-state index is 13.0. The quantitative estimate of drug-likeness (QED) is 0.724. The number of carbonyl (C=O) groups is 1. The van der Waals surface area contributed by atoms with E-state index in [0.717, 1.165) is 0 Å². The molecule has 2 aromatic heterocycles. The van der Waals surface area contributed by atoms with E-state index >= 15 is 0 Å². The summed E-state index contributed by atoms with van der Waals surface area (Å²) in [4.78, 5) is 25.2. The molecule has 1 aromatic carbocycles. The molecule has 0 aliphatic carbocycles. The predicted octanol–water partition coefficient (Wildman–Crippen LogP) is 1.97. The van der Waals surface area contributed by atoms with Crippen LogP contribution in [0.1, 0.15) is 16.1 Å². The summed E-state index contributed by atoms with van der Waals surface area (Å²) in [7, 11) is 0. The summed E-state index contributed by atoms with van der Waals surface area (Å²) in [5.41, 5.74) is 1.35. The van der Waals surface area contributed by atoms with Gasteiger partial charge < -0.3 is 4.98 Å². The number of nitrogens with zero attached hydrogens (tertiary/aromatic N) is 2. The van der Waals surface area contributed by atoms with E-state index in [9.17, 15) is 14.0 Å². The van der Waals surface area contributed by atoms with Gasteiger partial charge in [-0.05, 0) is 37.3 Å². The van der Waals surface area contributed by atoms with Crippen molar-refractivity contribution in [3.05, 3.63) is 57.8 Å². The third-order valence-electron chi connectivity index (χ3n) is 3.10. The zero-order valence-electron chi connectivity index (χ0n) is 10.6. The number of aldehydes is 1. The highest BCUT2D eigenvalue weighted by atomic mass is 19.1. The number of pyridine rings is 1. The number of nitrogens with one attached hydrogen (secondary N) is 1. The van der Waals surface area contributed by atoms with Crippen molar-refractivity contribution in [2.45, 2.75) is 6.92 Å². The normalized spacial score (nSPS) is 10.9. The third kappa shape index (κ3) is 1.82. The monoisotopic (exact) mass is 271 g/mol. The number of halogens is 1. The minimum Gasteiger partial charge on any atom is -0.306 e. The Morgan fingerprint density at radius 3 is 2.65 bits per heavy atom. The van der Waals surface area contributed by atoms with Gasteiger partial charge in [-0.25, -0.2) is 9.07 Å². The summed E-state index contributed by atoms with van der Waals surface area (Å²) in [6.45, 7) is 1.77. The molecule has 100 valence electrons. The number of carbonyl (C=O) groups excluding carboxylic acids is 1. The van der Waals surface area contributed by atoms with Gasteiger partial charge in [0, 0.05) is 5.39 Å². The molecule has 0 fully saturated rings. The number of hydrogen-bond donors (Lipinski definition) is 1. The third-order valence-corrected chi connectivity index (χ3v) is 3.10. The molecule has 0 radical (unpaired) electrons. The van der Waals surface area contributed by atoms with Crippen molar-refractivity contribution in [2.75, 3.05) is 0 Å². The summed E-state index contributed by atoms with van der Waals surface area (Å²) in [5.74, 6) is -0.348. The van der Waals surface area contributed by atoms with Gasteiger partial charge in [-0.2, -0.15) is 5.10 Å². The van der Waals surface area contributed by atoms with Crippen LogP contribution in [0.15, 0.2) is 35.1 Å². The first-order valence-electron chi connectivity index (χ1n) is 5.94. The average Bonchev–Trinajstić information content (AvgIpc) is 2.75. The molecular weight excluding hydrogens is 261 g/mol. The van der Waals surface area contributed by atoms with Gasteiger partial charge in [0.2, 0.25) is 0 Å². The van der Waals surface area contributed by atoms with Gasteiger partial charge in [-0.15, -0.1) is 0 Å². The fraction of sp³-hybridized carbons (Fsp3) is 0.0714. The Labute approximate surface area is 112 Å². The minimum absolute atomic E-state index is 0.0549. The highest BCUT2D eigenvalue weighted by Gasteiger charge is 2.12. The van der Waals surface area contributed by atoms with Crippen molar-refractivity contribution in [2.24, 2.45) is 0 Å². The van der Waals surface area contributed by atoms with Crippen LogP contribution in [0.3, 0.4) is 0 Å². The van der Waals surface area contributed by atoms with E-state index in [1.807, 2.05) is 0 Å². The maximum Gasteiger partial charge on any atom is 0.260 e. The molecule has 2 heterocycles. The van der Waals surface area contributed by atoms with E-state index in [0.29, 0.717) is 28.7 Å². The fourth-order valence-corrected chi connectivity index (χ4v) is 2.09. The summed E-state index contributed by atoms with van der Waals surface area (Å²) in [6, 6.07) is 7.26. The minimum atomic E-state index is -0.476. The second kappa shape index (κ2) is 4.41. The van der Waals surface area contributed by atoms with Crippen LogP contribution in [0.25, 0.3) is 16.7 Å². The van der Waals surface area contributed by atoms with Crippen LogP contribution in [0.4, 0.5) is 4.39 Å². The first kappa shape index (κ1) is 12.3. The molecule has 0 aliphatic heterocycles. The van der Waals surface area contributed by atoms with Crippen LogP contribution in [0.5, 0.6) is 0 Å². The van der Waals surface area contributed by atoms with E-state index in [1.165, 1.54) is 22.9 Å². The van der Waals surface area contributed by atoms with Crippen LogP contribution in [0.2, 0.25) is 0 Å². The molecule has 0 saturated carbocycles. The molecule has 0 saturated heterocycles. The maximum absolute atomic E-state index is 13.0. The van der Waals surface area contributed by atoms with Gasteiger partial charge in [0.05, 0.1) is 16.9 Å². The zero-order chi connectivity index (χ0) is 14.3. The van der Waals surface area contributed by atoms with Crippen molar-refractivity contribution in [1.82, 2.24) is 14.8 Å². The van der Waals surface area contributed by atoms with E-state index in [1.54, 1.807) is 19.1 Å². The lowest BCUT2D eigenvalue weighted by Gasteiger charge is -2.02. The van der Waals surface area contributed by atoms with Crippen LogP contribution < -0.4 is 5.56 Å². The first-order valence-corrected chi connectivity index (χ1v) is 5.94. The SMILES string of the molecule is Cc1nn(-c2ccc(F)cc2)c2[nH]c(=O)c(C=O)cc12. The van der Waals surface area contributed by atoms with Crippen molar-refractivity contribution in [3.8, 4) is 5.69 Å². The second-order valence-corrected chi connectivity index (χ2v) is 4.41. The Hall–Kier alpha value is -2.76. The Balaban J connectivity index is 2.32. The van der Waals surface area contributed by atoms with E-state index in [4.69, 9.17) is 0 Å². The van der Waals surface area contributed by atoms with Gasteiger partial charge >= 0.3 is 0 Å². The Kier molecular flexibility index (Phi) is 2.71. The molecular formula is C14H10FN3O2. The van der Waals surface area contributed by atoms with Crippen LogP contribution >= 0.6 is 0 Å². The van der Waals surface area contributed by atoms with E-state index in [2.05, 4.69) is 10.1 Å². The zero-order valence-corrected chi connectivity index (χ0v) is 10.6. The van der Waals surface area contributed by atoms with Gasteiger partial charge in [-0.1, -0.05) is 0 Å². The van der Waals surface area contributed by atoms with Crippen LogP contribution in [-0.4, -0.2) is 21.1 Å². The molecule has 3 aromatic rings. The Morgan fingerprint density at radius 2 is 2.00 bits per heavy atom. The van der Waals surface area contributed by atoms with Gasteiger partial charge in [0.25, 0.3) is 5.56 Å². The first-order chi connectivity index (χ1) is 9.60. The predicted molar refractivity (Wildman–Crippen MR) is 71.8 cm³/mol. The number of aromatic amines is 1. The largest absolute Gasteiger partial charge is 0.306 e. The molecule has 0 atom stereocenters. The molecule has 5 nitrogen and oxygen atoms in total. The number of hydrogen-bond acceptors (Lipinski definition) is 3. The number of H-pyrrole nitrogens is 1. The lowest BCUT2D eigenvalue weighted by Crippen LogP contribution is -2.12. The van der Waals surface area contributed by atoms with E-state index < -0.39 is 5.56 Å². The number of rotatable bonds is 2. The molecule has 3 rings (SSSR count). The smallest absolute Gasteiger partial charge is 0.260 e. The summed E-state index contributed by atoms with van der Waals surface area (Å²) >= 11 is 0. The Morgan fingerprint density at radius 1 is 1.30 bits per heavy atom. The van der Waals surface area contributed by atoms with Gasteiger partial charge in [0.1, 0.15) is 11.5 Å². The van der Waals surface area contributed by atoms with Gasteiger partial charge in [-0.3, -0.25) is 9.59 Å². The highest BCUT2D eigenvalue weighted by Crippen LogP contribution is 2.19. The number of fused-ring (bicyclic) bond motifs is 1. The van der Waals surface area contributed by atoms with Crippen LogP contribution in [0, 0.1) is 12.7 Å². The molecule has 0 aliphatic rings. The summed E-state index contributed by atoms with van der Waals surface area (Å²) in [6.07, 6.45) is 0.507. The number of aryl methyl sites for hydroxylation is 1. The van der Waals surface area contributed by atoms with E-state index in [-0.39, 0.29) is 11.4 Å². The molecule has 1 N–H and O–H groups in total. The number of aromatic nitrogens is 3. The second-order valence-electron chi connectivity index (χ2n) is 4.41. The number of benzene rings is 1. The van der Waals surface area contributed by atoms with Crippen molar-refractivity contribution >= 4 is 17.3 Å². The fourth-order valence-electron chi connectivity index (χ4n) is 2.09. The summed E-state index contributed by atoms with van der Waals surface area (Å²) in [5, 5.41) is 4.99. The molecule has 0 bridgehead atoms. The molecule has 6 heteroatoms. The van der Waals surface area contributed by atoms with Crippen LogP contribution in [-0.2, 0) is 0 Å². The molecule has 20 heavy (non-hydrogen) atoms. The summed E-state index contributed by atoms with van der Waals surface area (Å²) < 4.78 is 14.5. The van der Waals surface area contributed by atoms with Crippen molar-refractivity contribution in [3.63, 3.8) is 0 Å². The molecule has 0 amide bonds. The highest BCUT2D eigenvalue weighted by molar-refractivity contribution is 5.86.